The highest BCUT2D eigenvalue weighted by Crippen LogP contribution is 2.30. The third-order valence-corrected chi connectivity index (χ3v) is 4.64. The van der Waals surface area contributed by atoms with Crippen molar-refractivity contribution in [3.05, 3.63) is 77.9 Å². The third kappa shape index (κ3) is 6.44. The number of para-hydroxylation sites is 1. The first-order chi connectivity index (χ1) is 15.4. The Labute approximate surface area is 189 Å². The highest BCUT2D eigenvalue weighted by Gasteiger charge is 2.30. The largest absolute Gasteiger partial charge is 0.444 e. The maximum Gasteiger partial charge on any atom is 0.416 e. The van der Waals surface area contributed by atoms with Gasteiger partial charge in [-0.05, 0) is 63.1 Å². The van der Waals surface area contributed by atoms with Gasteiger partial charge in [-0.15, -0.1) is 0 Å². The van der Waals surface area contributed by atoms with Gasteiger partial charge in [0, 0.05) is 30.2 Å². The highest BCUT2D eigenvalue weighted by molar-refractivity contribution is 5.94. The van der Waals surface area contributed by atoms with Gasteiger partial charge >= 0.3 is 12.3 Å². The number of ketones is 1. The summed E-state index contributed by atoms with van der Waals surface area (Å²) in [5.41, 5.74) is 0.254. The number of hydrogen-bond donors (Lipinski definition) is 1. The molecule has 3 aromatic rings. The molecule has 174 valence electrons. The summed E-state index contributed by atoms with van der Waals surface area (Å²) in [5.74, 6) is -0.167. The summed E-state index contributed by atoms with van der Waals surface area (Å²) >= 11 is 0. The lowest BCUT2D eigenvalue weighted by molar-refractivity contribution is -0.137. The lowest BCUT2D eigenvalue weighted by atomic mass is 10.0. The summed E-state index contributed by atoms with van der Waals surface area (Å²) in [7, 11) is 0. The molecule has 0 bridgehead atoms. The Morgan fingerprint density at radius 1 is 1.03 bits per heavy atom. The predicted octanol–water partition coefficient (Wildman–Crippen LogP) is 6.05. The molecule has 2 aromatic carbocycles. The Kier molecular flexibility index (Phi) is 6.90. The van der Waals surface area contributed by atoms with E-state index in [1.54, 1.807) is 45.0 Å². The molecule has 0 fully saturated rings. The molecule has 1 heterocycles. The molecule has 3 rings (SSSR count). The van der Waals surface area contributed by atoms with Gasteiger partial charge in [-0.25, -0.2) is 9.78 Å². The minimum Gasteiger partial charge on any atom is -0.444 e. The number of alkyl halides is 3. The van der Waals surface area contributed by atoms with E-state index in [1.165, 1.54) is 29.1 Å². The lowest BCUT2D eigenvalue weighted by Gasteiger charge is -2.20. The van der Waals surface area contributed by atoms with Crippen molar-refractivity contribution in [1.82, 2.24) is 9.55 Å². The standard InChI is InChI=1S/C24H24F3N3O3/c1-23(2,3)33-22(32)29-19-7-5-4-6-16(19)8-13-20(31)21-28-14-15-30(21)18-11-9-17(10-12-18)24(25,26)27/h4-7,9-12,14-15H,8,13H2,1-3H3,(H,29,32). The number of aryl methyl sites for hydroxylation is 1. The van der Waals surface area contributed by atoms with Crippen molar-refractivity contribution in [2.24, 2.45) is 0 Å². The van der Waals surface area contributed by atoms with E-state index in [4.69, 9.17) is 4.74 Å². The number of benzene rings is 2. The molecule has 9 heteroatoms. The number of ether oxygens (including phenoxy) is 1. The summed E-state index contributed by atoms with van der Waals surface area (Å²) < 4.78 is 45.2. The van der Waals surface area contributed by atoms with Gasteiger partial charge < -0.3 is 4.74 Å². The van der Waals surface area contributed by atoms with Crippen LogP contribution < -0.4 is 5.32 Å². The number of amides is 1. The van der Waals surface area contributed by atoms with Crippen LogP contribution >= 0.6 is 0 Å². The van der Waals surface area contributed by atoms with Crippen LogP contribution in [0.5, 0.6) is 0 Å². The molecule has 1 amide bonds. The number of anilines is 1. The highest BCUT2D eigenvalue weighted by atomic mass is 19.4. The van der Waals surface area contributed by atoms with Crippen LogP contribution in [0.1, 0.15) is 48.9 Å². The van der Waals surface area contributed by atoms with Crippen LogP contribution in [-0.2, 0) is 17.3 Å². The van der Waals surface area contributed by atoms with Gasteiger partial charge in [0.15, 0.2) is 11.6 Å². The maximum atomic E-state index is 12.8. The molecule has 0 aliphatic heterocycles. The zero-order valence-electron chi connectivity index (χ0n) is 18.4. The molecule has 0 spiro atoms. The van der Waals surface area contributed by atoms with Crippen molar-refractivity contribution >= 4 is 17.6 Å². The molecular formula is C24H24F3N3O3. The Morgan fingerprint density at radius 2 is 1.70 bits per heavy atom. The fourth-order valence-electron chi connectivity index (χ4n) is 3.16. The van der Waals surface area contributed by atoms with E-state index in [0.717, 1.165) is 17.7 Å². The van der Waals surface area contributed by atoms with Crippen LogP contribution in [0.15, 0.2) is 60.9 Å². The van der Waals surface area contributed by atoms with E-state index in [2.05, 4.69) is 10.3 Å². The van der Waals surface area contributed by atoms with E-state index in [-0.39, 0.29) is 18.0 Å². The van der Waals surface area contributed by atoms with E-state index < -0.39 is 23.4 Å². The van der Waals surface area contributed by atoms with E-state index in [0.29, 0.717) is 17.8 Å². The quantitative estimate of drug-likeness (QED) is 0.455. The number of Topliss-reactive ketones (excluding diaryl/α,β-unsaturated/α-hetero) is 1. The number of rotatable bonds is 6. The van der Waals surface area contributed by atoms with Gasteiger partial charge in [-0.2, -0.15) is 13.2 Å². The Bertz CT molecular complexity index is 1130. The minimum atomic E-state index is -4.44. The second-order valence-electron chi connectivity index (χ2n) is 8.37. The fraction of sp³-hybridized carbons (Fsp3) is 0.292. The topological polar surface area (TPSA) is 73.2 Å². The molecule has 1 N–H and O–H groups in total. The van der Waals surface area contributed by atoms with Crippen LogP contribution in [0.2, 0.25) is 0 Å². The third-order valence-electron chi connectivity index (χ3n) is 4.64. The van der Waals surface area contributed by atoms with Crippen molar-refractivity contribution in [3.8, 4) is 5.69 Å². The summed E-state index contributed by atoms with van der Waals surface area (Å²) in [6.07, 6.45) is -1.68. The van der Waals surface area contributed by atoms with Crippen LogP contribution in [0, 0.1) is 0 Å². The molecule has 0 unspecified atom stereocenters. The maximum absolute atomic E-state index is 12.8. The van der Waals surface area contributed by atoms with Crippen molar-refractivity contribution < 1.29 is 27.5 Å². The monoisotopic (exact) mass is 459 g/mol. The SMILES string of the molecule is CC(C)(C)OC(=O)Nc1ccccc1CCC(=O)c1nccn1-c1ccc(C(F)(F)F)cc1. The molecule has 6 nitrogen and oxygen atoms in total. The average molecular weight is 459 g/mol. The molecule has 0 atom stereocenters. The molecule has 33 heavy (non-hydrogen) atoms. The summed E-state index contributed by atoms with van der Waals surface area (Å²) in [6, 6.07) is 11.6. The molecule has 0 aliphatic carbocycles. The van der Waals surface area contributed by atoms with Gasteiger partial charge in [-0.1, -0.05) is 18.2 Å². The lowest BCUT2D eigenvalue weighted by Crippen LogP contribution is -2.27. The van der Waals surface area contributed by atoms with Gasteiger partial charge in [0.2, 0.25) is 0 Å². The van der Waals surface area contributed by atoms with Crippen LogP contribution in [-0.4, -0.2) is 27.0 Å². The number of aromatic nitrogens is 2. The average Bonchev–Trinajstić information content (AvgIpc) is 3.21. The van der Waals surface area contributed by atoms with E-state index >= 15 is 0 Å². The zero-order chi connectivity index (χ0) is 24.2. The van der Waals surface area contributed by atoms with Crippen LogP contribution in [0.3, 0.4) is 0 Å². The number of carbonyl (C=O) groups is 2. The van der Waals surface area contributed by atoms with Crippen molar-refractivity contribution in [2.75, 3.05) is 5.32 Å². The first kappa shape index (κ1) is 24.0. The molecule has 0 aliphatic rings. The number of halogens is 3. The second kappa shape index (κ2) is 9.48. The van der Waals surface area contributed by atoms with Crippen molar-refractivity contribution in [3.63, 3.8) is 0 Å². The number of carbonyl (C=O) groups excluding carboxylic acids is 2. The Morgan fingerprint density at radius 3 is 2.33 bits per heavy atom. The second-order valence-corrected chi connectivity index (χ2v) is 8.37. The molecule has 0 radical (unpaired) electrons. The summed E-state index contributed by atoms with van der Waals surface area (Å²) in [5, 5.41) is 2.70. The first-order valence-electron chi connectivity index (χ1n) is 10.3. The number of hydrogen-bond acceptors (Lipinski definition) is 4. The number of nitrogens with zero attached hydrogens (tertiary/aromatic N) is 2. The molecule has 0 saturated heterocycles. The van der Waals surface area contributed by atoms with Crippen molar-refractivity contribution in [1.29, 1.82) is 0 Å². The molecule has 0 saturated carbocycles. The number of nitrogens with one attached hydrogen (secondary N) is 1. The Hall–Kier alpha value is -3.62. The van der Waals surface area contributed by atoms with Crippen LogP contribution in [0.4, 0.5) is 23.7 Å². The van der Waals surface area contributed by atoms with Crippen LogP contribution in [0.25, 0.3) is 5.69 Å². The smallest absolute Gasteiger partial charge is 0.416 e. The van der Waals surface area contributed by atoms with E-state index in [1.807, 2.05) is 0 Å². The van der Waals surface area contributed by atoms with Gasteiger partial charge in [-0.3, -0.25) is 14.7 Å². The number of imidazole rings is 1. The normalized spacial score (nSPS) is 11.8. The fourth-order valence-corrected chi connectivity index (χ4v) is 3.16. The first-order valence-corrected chi connectivity index (χ1v) is 10.3. The van der Waals surface area contributed by atoms with E-state index in [9.17, 15) is 22.8 Å². The van der Waals surface area contributed by atoms with Gasteiger partial charge in [0.1, 0.15) is 5.60 Å². The van der Waals surface area contributed by atoms with Gasteiger partial charge in [0.05, 0.1) is 5.56 Å². The Balaban J connectivity index is 1.71. The summed E-state index contributed by atoms with van der Waals surface area (Å²) in [4.78, 5) is 29.0. The van der Waals surface area contributed by atoms with Gasteiger partial charge in [0.25, 0.3) is 0 Å². The predicted molar refractivity (Wildman–Crippen MR) is 118 cm³/mol. The molecule has 1 aromatic heterocycles. The summed E-state index contributed by atoms with van der Waals surface area (Å²) in [6.45, 7) is 5.28. The zero-order valence-corrected chi connectivity index (χ0v) is 18.4. The molecular weight excluding hydrogens is 435 g/mol. The van der Waals surface area contributed by atoms with Crippen molar-refractivity contribution in [2.45, 2.75) is 45.4 Å². The minimum absolute atomic E-state index is 0.0880.